The largest absolute Gasteiger partial charge is 0.346 e. The van der Waals surface area contributed by atoms with Gasteiger partial charge in [-0.2, -0.15) is 0 Å². The Hall–Kier alpha value is -1.68. The first kappa shape index (κ1) is 9.86. The van der Waals surface area contributed by atoms with E-state index in [0.29, 0.717) is 6.54 Å². The van der Waals surface area contributed by atoms with Crippen LogP contribution < -0.4 is 5.73 Å². The van der Waals surface area contributed by atoms with E-state index < -0.39 is 0 Å². The van der Waals surface area contributed by atoms with E-state index in [1.54, 1.807) is 12.4 Å². The molecule has 0 aliphatic rings. The lowest BCUT2D eigenvalue weighted by atomic mass is 10.2. The Morgan fingerprint density at radius 3 is 2.73 bits per heavy atom. The van der Waals surface area contributed by atoms with Crippen molar-refractivity contribution in [1.82, 2.24) is 15.0 Å². The van der Waals surface area contributed by atoms with Crippen LogP contribution >= 0.6 is 0 Å². The van der Waals surface area contributed by atoms with Crippen LogP contribution in [0.3, 0.4) is 0 Å². The fraction of sp³-hybridized carbons (Fsp3) is 0.273. The number of imidazole rings is 1. The van der Waals surface area contributed by atoms with Gasteiger partial charge in [-0.3, -0.25) is 4.98 Å². The summed E-state index contributed by atoms with van der Waals surface area (Å²) in [7, 11) is 0. The molecule has 0 spiro atoms. The smallest absolute Gasteiger partial charge is 0.108 e. The highest BCUT2D eigenvalue weighted by Crippen LogP contribution is 2.19. The molecule has 0 amide bonds. The Labute approximate surface area is 88.6 Å². The molecule has 0 radical (unpaired) electrons. The monoisotopic (exact) mass is 202 g/mol. The molecule has 78 valence electrons. The van der Waals surface area contributed by atoms with Crippen molar-refractivity contribution in [3.05, 3.63) is 36.0 Å². The number of pyridine rings is 1. The number of hydrogen-bond donors (Lipinski definition) is 2. The summed E-state index contributed by atoms with van der Waals surface area (Å²) in [6.45, 7) is 2.63. The number of aromatic amines is 1. The van der Waals surface area contributed by atoms with Crippen molar-refractivity contribution in [2.24, 2.45) is 5.73 Å². The zero-order valence-corrected chi connectivity index (χ0v) is 8.70. The predicted octanol–water partition coefficient (Wildman–Crippen LogP) is 1.28. The average Bonchev–Trinajstić information content (AvgIpc) is 2.61. The molecule has 15 heavy (non-hydrogen) atoms. The van der Waals surface area contributed by atoms with E-state index in [-0.39, 0.29) is 0 Å². The molecule has 0 saturated heterocycles. The predicted molar refractivity (Wildman–Crippen MR) is 59.3 cm³/mol. The van der Waals surface area contributed by atoms with Gasteiger partial charge in [-0.1, -0.05) is 0 Å². The Morgan fingerprint density at radius 1 is 1.33 bits per heavy atom. The molecular weight excluding hydrogens is 188 g/mol. The van der Waals surface area contributed by atoms with Gasteiger partial charge in [-0.05, 0) is 25.6 Å². The highest BCUT2D eigenvalue weighted by molar-refractivity contribution is 5.61. The van der Waals surface area contributed by atoms with Crippen LogP contribution in [0, 0.1) is 6.92 Å². The van der Waals surface area contributed by atoms with Crippen molar-refractivity contribution < 1.29 is 0 Å². The van der Waals surface area contributed by atoms with E-state index in [4.69, 9.17) is 5.73 Å². The van der Waals surface area contributed by atoms with Gasteiger partial charge in [0.1, 0.15) is 5.82 Å². The van der Waals surface area contributed by atoms with Crippen molar-refractivity contribution in [1.29, 1.82) is 0 Å². The Balaban J connectivity index is 2.36. The second kappa shape index (κ2) is 4.23. The van der Waals surface area contributed by atoms with Crippen molar-refractivity contribution in [3.63, 3.8) is 0 Å². The molecule has 2 rings (SSSR count). The maximum Gasteiger partial charge on any atom is 0.108 e. The van der Waals surface area contributed by atoms with Crippen LogP contribution in [0.4, 0.5) is 0 Å². The van der Waals surface area contributed by atoms with Crippen molar-refractivity contribution in [3.8, 4) is 11.3 Å². The molecule has 0 aliphatic carbocycles. The van der Waals surface area contributed by atoms with Crippen molar-refractivity contribution in [2.45, 2.75) is 13.3 Å². The topological polar surface area (TPSA) is 67.6 Å². The second-order valence-electron chi connectivity index (χ2n) is 3.43. The minimum atomic E-state index is 0.614. The Morgan fingerprint density at radius 2 is 2.07 bits per heavy atom. The number of nitrogens with one attached hydrogen (secondary N) is 1. The first-order valence-corrected chi connectivity index (χ1v) is 4.97. The van der Waals surface area contributed by atoms with Crippen LogP contribution in [0.2, 0.25) is 0 Å². The van der Waals surface area contributed by atoms with E-state index in [2.05, 4.69) is 15.0 Å². The molecule has 0 fully saturated rings. The van der Waals surface area contributed by atoms with E-state index >= 15 is 0 Å². The van der Waals surface area contributed by atoms with E-state index in [0.717, 1.165) is 29.2 Å². The molecule has 0 unspecified atom stereocenters. The quantitative estimate of drug-likeness (QED) is 0.787. The van der Waals surface area contributed by atoms with Gasteiger partial charge in [0.2, 0.25) is 0 Å². The summed E-state index contributed by atoms with van der Waals surface area (Å²) in [4.78, 5) is 11.7. The van der Waals surface area contributed by atoms with E-state index in [9.17, 15) is 0 Å². The standard InChI is InChI=1S/C11H14N4/c1-8-11(9-3-6-13-7-4-9)15-10(14-8)2-5-12/h3-4,6-7H,2,5,12H2,1H3,(H,14,15). The van der Waals surface area contributed by atoms with Crippen molar-refractivity contribution >= 4 is 0 Å². The van der Waals surface area contributed by atoms with Crippen LogP contribution in [0.15, 0.2) is 24.5 Å². The summed E-state index contributed by atoms with van der Waals surface area (Å²) in [6.07, 6.45) is 4.32. The highest BCUT2D eigenvalue weighted by Gasteiger charge is 2.07. The molecule has 0 aromatic carbocycles. The molecule has 0 bridgehead atoms. The molecule has 2 heterocycles. The molecule has 2 aromatic heterocycles. The van der Waals surface area contributed by atoms with E-state index in [1.165, 1.54) is 0 Å². The van der Waals surface area contributed by atoms with Crippen molar-refractivity contribution in [2.75, 3.05) is 6.54 Å². The minimum absolute atomic E-state index is 0.614. The highest BCUT2D eigenvalue weighted by atomic mass is 14.9. The van der Waals surface area contributed by atoms with Gasteiger partial charge in [0.15, 0.2) is 0 Å². The Bertz CT molecular complexity index is 433. The maximum atomic E-state index is 5.49. The Kier molecular flexibility index (Phi) is 2.78. The maximum absolute atomic E-state index is 5.49. The second-order valence-corrected chi connectivity index (χ2v) is 3.43. The lowest BCUT2D eigenvalue weighted by Crippen LogP contribution is -2.03. The van der Waals surface area contributed by atoms with Gasteiger partial charge < -0.3 is 10.7 Å². The number of H-pyrrole nitrogens is 1. The average molecular weight is 202 g/mol. The number of rotatable bonds is 3. The summed E-state index contributed by atoms with van der Waals surface area (Å²) in [6, 6.07) is 3.91. The lowest BCUT2D eigenvalue weighted by molar-refractivity contribution is 0.891. The summed E-state index contributed by atoms with van der Waals surface area (Å²) < 4.78 is 0. The van der Waals surface area contributed by atoms with Gasteiger partial charge >= 0.3 is 0 Å². The molecular formula is C11H14N4. The van der Waals surface area contributed by atoms with Crippen LogP contribution in [0.1, 0.15) is 11.5 Å². The third-order valence-corrected chi connectivity index (χ3v) is 2.27. The molecule has 2 aromatic rings. The fourth-order valence-electron chi connectivity index (χ4n) is 1.57. The molecule has 0 aliphatic heterocycles. The first-order valence-electron chi connectivity index (χ1n) is 4.97. The van der Waals surface area contributed by atoms with E-state index in [1.807, 2.05) is 19.1 Å². The summed E-state index contributed by atoms with van der Waals surface area (Å²) in [5, 5.41) is 0. The van der Waals surface area contributed by atoms with Crippen LogP contribution in [-0.2, 0) is 6.42 Å². The molecule has 3 N–H and O–H groups in total. The molecule has 4 nitrogen and oxygen atoms in total. The zero-order chi connectivity index (χ0) is 10.7. The van der Waals surface area contributed by atoms with Gasteiger partial charge in [-0.15, -0.1) is 0 Å². The van der Waals surface area contributed by atoms with Gasteiger partial charge in [-0.25, -0.2) is 4.98 Å². The molecule has 0 atom stereocenters. The van der Waals surface area contributed by atoms with Gasteiger partial charge in [0.25, 0.3) is 0 Å². The molecule has 4 heteroatoms. The van der Waals surface area contributed by atoms with Crippen LogP contribution in [0.5, 0.6) is 0 Å². The number of aromatic nitrogens is 3. The van der Waals surface area contributed by atoms with Crippen LogP contribution in [-0.4, -0.2) is 21.5 Å². The SMILES string of the molecule is Cc1[nH]c(CCN)nc1-c1ccncc1. The number of nitrogens with two attached hydrogens (primary N) is 1. The van der Waals surface area contributed by atoms with Gasteiger partial charge in [0.05, 0.1) is 5.69 Å². The number of aryl methyl sites for hydroxylation is 1. The molecule has 0 saturated carbocycles. The third kappa shape index (κ3) is 2.05. The summed E-state index contributed by atoms with van der Waals surface area (Å²) >= 11 is 0. The van der Waals surface area contributed by atoms with Gasteiger partial charge in [0, 0.05) is 30.1 Å². The van der Waals surface area contributed by atoms with Crippen LogP contribution in [0.25, 0.3) is 11.3 Å². The lowest BCUT2D eigenvalue weighted by Gasteiger charge is -1.95. The number of hydrogen-bond acceptors (Lipinski definition) is 3. The first-order chi connectivity index (χ1) is 7.31. The normalized spacial score (nSPS) is 10.5. The fourth-order valence-corrected chi connectivity index (χ4v) is 1.57. The minimum Gasteiger partial charge on any atom is -0.346 e. The summed E-state index contributed by atoms with van der Waals surface area (Å²) in [5.41, 5.74) is 8.63. The number of nitrogens with zero attached hydrogens (tertiary/aromatic N) is 2. The third-order valence-electron chi connectivity index (χ3n) is 2.27. The summed E-state index contributed by atoms with van der Waals surface area (Å²) in [5.74, 6) is 0.946. The zero-order valence-electron chi connectivity index (χ0n) is 8.70.